The van der Waals surface area contributed by atoms with Gasteiger partial charge in [-0.3, -0.25) is 9.59 Å². The number of para-hydroxylation sites is 1. The Morgan fingerprint density at radius 1 is 1.12 bits per heavy atom. The summed E-state index contributed by atoms with van der Waals surface area (Å²) in [6.45, 7) is 2.39. The van der Waals surface area contributed by atoms with Gasteiger partial charge in [0.2, 0.25) is 5.91 Å². The van der Waals surface area contributed by atoms with Crippen LogP contribution >= 0.6 is 0 Å². The second kappa shape index (κ2) is 9.36. The first kappa shape index (κ1) is 22.4. The van der Waals surface area contributed by atoms with Crippen molar-refractivity contribution in [1.82, 2.24) is 19.7 Å². The summed E-state index contributed by atoms with van der Waals surface area (Å²) in [5.74, 6) is 1.30. The summed E-state index contributed by atoms with van der Waals surface area (Å²) < 4.78 is 13.9. The molecular weight excluding hydrogens is 420 g/mol. The Kier molecular flexibility index (Phi) is 6.35. The van der Waals surface area contributed by atoms with Gasteiger partial charge in [0, 0.05) is 30.4 Å². The number of aryl methyl sites for hydroxylation is 1. The monoisotopic (exact) mass is 448 g/mol. The first-order valence-corrected chi connectivity index (χ1v) is 10.9. The van der Waals surface area contributed by atoms with Gasteiger partial charge in [-0.1, -0.05) is 31.2 Å². The molecule has 0 spiro atoms. The lowest BCUT2D eigenvalue weighted by atomic mass is 10.1. The zero-order valence-electron chi connectivity index (χ0n) is 19.3. The highest BCUT2D eigenvalue weighted by Crippen LogP contribution is 2.31. The van der Waals surface area contributed by atoms with E-state index in [0.29, 0.717) is 36.4 Å². The van der Waals surface area contributed by atoms with E-state index in [1.807, 2.05) is 54.0 Å². The molecule has 0 bridgehead atoms. The predicted octanol–water partition coefficient (Wildman–Crippen LogP) is 3.22. The van der Waals surface area contributed by atoms with Gasteiger partial charge in [-0.25, -0.2) is 4.68 Å². The standard InChI is InChI=1S/C25H28N4O4/c1-5-20(24(30)26-13-12-16-10-11-17(32-3)14-22(16)33-4)29-21-9-7-6-8-18(21)19-15-27-28(2)25(31)23(19)29/h6-11,14-15,20H,5,12-13H2,1-4H3,(H,26,30)/t20-/m0/s1. The van der Waals surface area contributed by atoms with Gasteiger partial charge in [-0.15, -0.1) is 0 Å². The van der Waals surface area contributed by atoms with Gasteiger partial charge >= 0.3 is 0 Å². The number of hydrogen-bond donors (Lipinski definition) is 1. The highest BCUT2D eigenvalue weighted by molar-refractivity contribution is 6.08. The van der Waals surface area contributed by atoms with E-state index in [1.165, 1.54) is 4.68 Å². The van der Waals surface area contributed by atoms with E-state index in [-0.39, 0.29) is 11.5 Å². The molecule has 0 radical (unpaired) electrons. The van der Waals surface area contributed by atoms with Gasteiger partial charge in [-0.05, 0) is 30.5 Å². The smallest absolute Gasteiger partial charge is 0.291 e. The van der Waals surface area contributed by atoms with Crippen molar-refractivity contribution >= 4 is 27.7 Å². The van der Waals surface area contributed by atoms with Crippen LogP contribution in [-0.2, 0) is 18.3 Å². The van der Waals surface area contributed by atoms with Crippen molar-refractivity contribution in [2.24, 2.45) is 7.05 Å². The van der Waals surface area contributed by atoms with Crippen molar-refractivity contribution in [3.8, 4) is 11.5 Å². The van der Waals surface area contributed by atoms with Gasteiger partial charge in [-0.2, -0.15) is 5.10 Å². The summed E-state index contributed by atoms with van der Waals surface area (Å²) in [5, 5.41) is 8.89. The average Bonchev–Trinajstić information content (AvgIpc) is 3.17. The van der Waals surface area contributed by atoms with E-state index >= 15 is 0 Å². The minimum absolute atomic E-state index is 0.133. The van der Waals surface area contributed by atoms with Crippen LogP contribution in [0.15, 0.2) is 53.5 Å². The number of carbonyl (C=O) groups excluding carboxylic acids is 1. The molecule has 0 aliphatic rings. The Morgan fingerprint density at radius 2 is 1.91 bits per heavy atom. The van der Waals surface area contributed by atoms with Crippen LogP contribution in [-0.4, -0.2) is 41.0 Å². The molecule has 0 fully saturated rings. The van der Waals surface area contributed by atoms with E-state index in [1.54, 1.807) is 27.5 Å². The summed E-state index contributed by atoms with van der Waals surface area (Å²) in [5.41, 5.74) is 2.09. The molecule has 1 atom stereocenters. The molecule has 0 unspecified atom stereocenters. The molecule has 8 nitrogen and oxygen atoms in total. The molecule has 0 saturated heterocycles. The first-order chi connectivity index (χ1) is 16.0. The van der Waals surface area contributed by atoms with E-state index in [4.69, 9.17) is 9.47 Å². The number of nitrogens with zero attached hydrogens (tertiary/aromatic N) is 3. The second-order valence-corrected chi connectivity index (χ2v) is 7.87. The number of carbonyl (C=O) groups is 1. The van der Waals surface area contributed by atoms with Gasteiger partial charge in [0.05, 0.1) is 25.9 Å². The molecule has 1 amide bonds. The molecule has 8 heteroatoms. The molecule has 2 heterocycles. The summed E-state index contributed by atoms with van der Waals surface area (Å²) in [4.78, 5) is 26.3. The molecule has 1 N–H and O–H groups in total. The van der Waals surface area contributed by atoms with Crippen LogP contribution in [0.5, 0.6) is 11.5 Å². The van der Waals surface area contributed by atoms with Gasteiger partial charge < -0.3 is 19.4 Å². The highest BCUT2D eigenvalue weighted by Gasteiger charge is 2.25. The number of rotatable bonds is 8. The van der Waals surface area contributed by atoms with E-state index in [9.17, 15) is 9.59 Å². The van der Waals surface area contributed by atoms with Crippen LogP contribution in [0, 0.1) is 0 Å². The Morgan fingerprint density at radius 3 is 2.64 bits per heavy atom. The van der Waals surface area contributed by atoms with Crippen LogP contribution in [0.1, 0.15) is 24.9 Å². The Labute approximate surface area is 191 Å². The number of amides is 1. The maximum atomic E-state index is 13.3. The third kappa shape index (κ3) is 4.04. The van der Waals surface area contributed by atoms with Crippen molar-refractivity contribution < 1.29 is 14.3 Å². The van der Waals surface area contributed by atoms with Crippen LogP contribution < -0.4 is 20.3 Å². The average molecular weight is 449 g/mol. The zero-order chi connectivity index (χ0) is 23.5. The zero-order valence-corrected chi connectivity index (χ0v) is 19.3. The normalized spacial score (nSPS) is 12.1. The molecule has 2 aromatic carbocycles. The molecule has 0 aliphatic heterocycles. The van der Waals surface area contributed by atoms with Crippen molar-refractivity contribution in [2.75, 3.05) is 20.8 Å². The van der Waals surface area contributed by atoms with Crippen molar-refractivity contribution in [3.05, 3.63) is 64.6 Å². The van der Waals surface area contributed by atoms with E-state index in [2.05, 4.69) is 10.4 Å². The summed E-state index contributed by atoms with van der Waals surface area (Å²) in [6.07, 6.45) is 2.83. The lowest BCUT2D eigenvalue weighted by molar-refractivity contribution is -0.124. The molecular formula is C25H28N4O4. The van der Waals surface area contributed by atoms with Gasteiger partial charge in [0.15, 0.2) is 0 Å². The largest absolute Gasteiger partial charge is 0.497 e. The number of hydrogen-bond acceptors (Lipinski definition) is 5. The van der Waals surface area contributed by atoms with E-state index in [0.717, 1.165) is 21.9 Å². The summed E-state index contributed by atoms with van der Waals surface area (Å²) >= 11 is 0. The second-order valence-electron chi connectivity index (χ2n) is 7.87. The molecule has 0 saturated carbocycles. The maximum absolute atomic E-state index is 13.3. The molecule has 2 aromatic heterocycles. The molecule has 172 valence electrons. The Hall–Kier alpha value is -3.81. The topological polar surface area (TPSA) is 87.4 Å². The fourth-order valence-corrected chi connectivity index (χ4v) is 4.29. The Balaban J connectivity index is 1.63. The summed E-state index contributed by atoms with van der Waals surface area (Å²) in [7, 11) is 4.84. The lowest BCUT2D eigenvalue weighted by Gasteiger charge is -2.19. The molecule has 4 rings (SSSR count). The van der Waals surface area contributed by atoms with Crippen molar-refractivity contribution in [2.45, 2.75) is 25.8 Å². The maximum Gasteiger partial charge on any atom is 0.291 e. The number of benzene rings is 2. The third-order valence-electron chi connectivity index (χ3n) is 6.00. The predicted molar refractivity (Wildman–Crippen MR) is 128 cm³/mol. The number of methoxy groups -OCH3 is 2. The number of ether oxygens (including phenoxy) is 2. The SMILES string of the molecule is CC[C@@H](C(=O)NCCc1ccc(OC)cc1OC)n1c2ccccc2c2cnn(C)c(=O)c21. The number of nitrogens with one attached hydrogen (secondary N) is 1. The van der Waals surface area contributed by atoms with Gasteiger partial charge in [0.1, 0.15) is 23.1 Å². The number of aromatic nitrogens is 3. The van der Waals surface area contributed by atoms with Crippen molar-refractivity contribution in [1.29, 1.82) is 0 Å². The fourth-order valence-electron chi connectivity index (χ4n) is 4.29. The summed E-state index contributed by atoms with van der Waals surface area (Å²) in [6, 6.07) is 12.8. The molecule has 0 aliphatic carbocycles. The highest BCUT2D eigenvalue weighted by atomic mass is 16.5. The quantitative estimate of drug-likeness (QED) is 0.447. The molecule has 33 heavy (non-hydrogen) atoms. The Bertz CT molecular complexity index is 1370. The fraction of sp³-hybridized carbons (Fsp3) is 0.320. The first-order valence-electron chi connectivity index (χ1n) is 10.9. The minimum atomic E-state index is -0.528. The van der Waals surface area contributed by atoms with Crippen LogP contribution in [0.25, 0.3) is 21.8 Å². The van der Waals surface area contributed by atoms with Crippen LogP contribution in [0.3, 0.4) is 0 Å². The van der Waals surface area contributed by atoms with Crippen LogP contribution in [0.2, 0.25) is 0 Å². The van der Waals surface area contributed by atoms with E-state index < -0.39 is 6.04 Å². The third-order valence-corrected chi connectivity index (χ3v) is 6.00. The number of fused-ring (bicyclic) bond motifs is 3. The van der Waals surface area contributed by atoms with Crippen LogP contribution in [0.4, 0.5) is 0 Å². The lowest BCUT2D eigenvalue weighted by Crippen LogP contribution is -2.34. The molecule has 4 aromatic rings. The van der Waals surface area contributed by atoms with Gasteiger partial charge in [0.25, 0.3) is 5.56 Å². The minimum Gasteiger partial charge on any atom is -0.497 e. The van der Waals surface area contributed by atoms with Crippen molar-refractivity contribution in [3.63, 3.8) is 0 Å².